The lowest BCUT2D eigenvalue weighted by molar-refractivity contribution is -0.192. The summed E-state index contributed by atoms with van der Waals surface area (Å²) in [6.07, 6.45) is -3.56. The van der Waals surface area contributed by atoms with E-state index in [1.165, 1.54) is 6.07 Å². The number of rotatable bonds is 3. The van der Waals surface area contributed by atoms with Crippen molar-refractivity contribution in [3.05, 3.63) is 27.7 Å². The van der Waals surface area contributed by atoms with Crippen LogP contribution in [0.25, 0.3) is 0 Å². The third-order valence-corrected chi connectivity index (χ3v) is 5.14. The minimum absolute atomic E-state index is 0.0376. The van der Waals surface area contributed by atoms with Gasteiger partial charge in [0.1, 0.15) is 5.75 Å². The van der Waals surface area contributed by atoms with E-state index in [1.807, 2.05) is 0 Å². The van der Waals surface area contributed by atoms with Crippen LogP contribution in [0.5, 0.6) is 5.75 Å². The minimum Gasteiger partial charge on any atom is -0.508 e. The topological polar surface area (TPSA) is 130 Å². The van der Waals surface area contributed by atoms with E-state index in [-0.39, 0.29) is 23.6 Å². The third-order valence-electron chi connectivity index (χ3n) is 4.42. The quantitative estimate of drug-likeness (QED) is 0.549. The van der Waals surface area contributed by atoms with Crippen LogP contribution in [0.1, 0.15) is 31.4 Å². The van der Waals surface area contributed by atoms with E-state index in [4.69, 9.17) is 44.6 Å². The van der Waals surface area contributed by atoms with E-state index in [9.17, 15) is 23.1 Å². The molecule has 1 amide bonds. The molecule has 12 heteroatoms. The monoisotopic (exact) mass is 459 g/mol. The first-order chi connectivity index (χ1) is 13.3. The number of aliphatic carboxylic acids is 1. The van der Waals surface area contributed by atoms with Crippen LogP contribution in [0.3, 0.4) is 0 Å². The summed E-state index contributed by atoms with van der Waals surface area (Å²) in [5, 5.41) is 17.8. The number of aromatic hydroxyl groups is 1. The van der Waals surface area contributed by atoms with Gasteiger partial charge in [0, 0.05) is 30.8 Å². The lowest BCUT2D eigenvalue weighted by Gasteiger charge is -2.35. The molecule has 0 spiro atoms. The van der Waals surface area contributed by atoms with Crippen LogP contribution < -0.4 is 11.5 Å². The van der Waals surface area contributed by atoms with Gasteiger partial charge in [0.05, 0.1) is 16.1 Å². The summed E-state index contributed by atoms with van der Waals surface area (Å²) in [7, 11) is 0. The van der Waals surface area contributed by atoms with Crippen LogP contribution in [-0.4, -0.2) is 52.3 Å². The number of hydrogen-bond donors (Lipinski definition) is 4. The average Bonchev–Trinajstić information content (AvgIpc) is 2.63. The molecule has 1 aliphatic rings. The number of alkyl halides is 3. The first kappa shape index (κ1) is 25.3. The summed E-state index contributed by atoms with van der Waals surface area (Å²) in [4.78, 5) is 22.5. The molecule has 0 radical (unpaired) electrons. The number of hydrogen-bond acceptors (Lipinski definition) is 5. The Morgan fingerprint density at radius 1 is 1.17 bits per heavy atom. The highest BCUT2D eigenvalue weighted by Crippen LogP contribution is 2.37. The standard InChI is InChI=1S/C15H21Cl2N3O2.C2HF3O2/c1-8(18)15(22)20-4-2-9(3-5-20)14(19)10-6-11(16)12(17)7-13(10)21;3-2(4,5)1(6)7/h6-9,14,21H,2-5,18-19H2,1H3;(H,6,7)/t8-,14?;/m0./s1. The predicted molar refractivity (Wildman–Crippen MR) is 102 cm³/mol. The summed E-state index contributed by atoms with van der Waals surface area (Å²) in [5.41, 5.74) is 12.5. The van der Waals surface area contributed by atoms with Gasteiger partial charge in [-0.3, -0.25) is 4.79 Å². The number of halogens is 5. The van der Waals surface area contributed by atoms with Crippen LogP contribution >= 0.6 is 23.2 Å². The Morgan fingerprint density at radius 2 is 1.62 bits per heavy atom. The van der Waals surface area contributed by atoms with Crippen LogP contribution in [0.15, 0.2) is 12.1 Å². The summed E-state index contributed by atoms with van der Waals surface area (Å²) in [6.45, 7) is 2.94. The van der Waals surface area contributed by atoms with E-state index in [0.29, 0.717) is 28.7 Å². The fraction of sp³-hybridized carbons (Fsp3) is 0.529. The number of nitrogens with two attached hydrogens (primary N) is 2. The Bertz CT molecular complexity index is 739. The predicted octanol–water partition coefficient (Wildman–Crippen LogP) is 2.92. The number of amides is 1. The maximum absolute atomic E-state index is 11.9. The largest absolute Gasteiger partial charge is 0.508 e. The summed E-state index contributed by atoms with van der Waals surface area (Å²) >= 11 is 11.9. The SMILES string of the molecule is C[C@H](N)C(=O)N1CCC(C(N)c2cc(Cl)c(Cl)cc2O)CC1.O=C(O)C(F)(F)F. The van der Waals surface area contributed by atoms with Crippen molar-refractivity contribution in [1.82, 2.24) is 4.90 Å². The Hall–Kier alpha value is -1.75. The van der Waals surface area contributed by atoms with Crippen molar-refractivity contribution in [3.63, 3.8) is 0 Å². The maximum atomic E-state index is 11.9. The van der Waals surface area contributed by atoms with E-state index in [1.54, 1.807) is 17.9 Å². The first-order valence-corrected chi connectivity index (χ1v) is 9.29. The molecule has 1 unspecified atom stereocenters. The number of carboxylic acids is 1. The van der Waals surface area contributed by atoms with E-state index < -0.39 is 18.2 Å². The van der Waals surface area contributed by atoms with E-state index in [0.717, 1.165) is 12.8 Å². The van der Waals surface area contributed by atoms with E-state index >= 15 is 0 Å². The smallest absolute Gasteiger partial charge is 0.490 e. The van der Waals surface area contributed by atoms with Crippen molar-refractivity contribution in [2.45, 2.75) is 38.0 Å². The van der Waals surface area contributed by atoms with Crippen LogP contribution in [-0.2, 0) is 9.59 Å². The molecular formula is C17H22Cl2F3N3O4. The van der Waals surface area contributed by atoms with Gasteiger partial charge < -0.3 is 26.6 Å². The zero-order chi connectivity index (χ0) is 22.5. The van der Waals surface area contributed by atoms with Crippen LogP contribution in [0.2, 0.25) is 10.0 Å². The molecular weight excluding hydrogens is 438 g/mol. The molecule has 1 heterocycles. The molecule has 2 rings (SSSR count). The van der Waals surface area contributed by atoms with Gasteiger partial charge in [0.15, 0.2) is 0 Å². The number of carboxylic acid groups (broad SMARTS) is 1. The van der Waals surface area contributed by atoms with Crippen LogP contribution in [0.4, 0.5) is 13.2 Å². The molecule has 0 saturated carbocycles. The zero-order valence-electron chi connectivity index (χ0n) is 15.4. The lowest BCUT2D eigenvalue weighted by Crippen LogP contribution is -2.47. The highest BCUT2D eigenvalue weighted by atomic mass is 35.5. The number of benzene rings is 1. The second-order valence-corrected chi connectivity index (χ2v) is 7.42. The van der Waals surface area contributed by atoms with Crippen molar-refractivity contribution < 1.29 is 33.0 Å². The van der Waals surface area contributed by atoms with Gasteiger partial charge in [-0.1, -0.05) is 23.2 Å². The number of phenolic OH excluding ortho intramolecular Hbond substituents is 1. The second kappa shape index (κ2) is 10.3. The van der Waals surface area contributed by atoms with Crippen molar-refractivity contribution in [2.24, 2.45) is 17.4 Å². The maximum Gasteiger partial charge on any atom is 0.490 e. The minimum atomic E-state index is -5.08. The first-order valence-electron chi connectivity index (χ1n) is 8.53. The highest BCUT2D eigenvalue weighted by Gasteiger charge is 2.38. The molecule has 0 bridgehead atoms. The number of phenols is 1. The molecule has 1 saturated heterocycles. The fourth-order valence-corrected chi connectivity index (χ4v) is 3.17. The molecule has 164 valence electrons. The molecule has 6 N–H and O–H groups in total. The Kier molecular flexibility index (Phi) is 9.01. The zero-order valence-corrected chi connectivity index (χ0v) is 16.9. The van der Waals surface area contributed by atoms with Crippen molar-refractivity contribution in [2.75, 3.05) is 13.1 Å². The molecule has 0 aromatic heterocycles. The summed E-state index contributed by atoms with van der Waals surface area (Å²) < 4.78 is 31.7. The van der Waals surface area contributed by atoms with Gasteiger partial charge in [-0.05, 0) is 31.7 Å². The van der Waals surface area contributed by atoms with Crippen molar-refractivity contribution in [3.8, 4) is 5.75 Å². The fourth-order valence-electron chi connectivity index (χ4n) is 2.84. The van der Waals surface area contributed by atoms with Gasteiger partial charge in [0.2, 0.25) is 5.91 Å². The number of carbonyl (C=O) groups is 2. The molecule has 2 atom stereocenters. The van der Waals surface area contributed by atoms with Gasteiger partial charge in [-0.25, -0.2) is 4.79 Å². The number of nitrogens with zero attached hydrogens (tertiary/aromatic N) is 1. The Balaban J connectivity index is 0.000000516. The van der Waals surface area contributed by atoms with Gasteiger partial charge in [0.25, 0.3) is 0 Å². The average molecular weight is 460 g/mol. The van der Waals surface area contributed by atoms with E-state index in [2.05, 4.69) is 0 Å². The van der Waals surface area contributed by atoms with Gasteiger partial charge >= 0.3 is 12.1 Å². The summed E-state index contributed by atoms with van der Waals surface area (Å²) in [5.74, 6) is -2.58. The number of piperidine rings is 1. The van der Waals surface area contributed by atoms with Gasteiger partial charge in [-0.2, -0.15) is 13.2 Å². The molecule has 0 aliphatic carbocycles. The Morgan fingerprint density at radius 3 is 2.03 bits per heavy atom. The number of likely N-dealkylation sites (tertiary alicyclic amines) is 1. The number of carbonyl (C=O) groups excluding carboxylic acids is 1. The van der Waals surface area contributed by atoms with Crippen molar-refractivity contribution >= 4 is 35.1 Å². The Labute approximate surface area is 175 Å². The molecule has 1 aromatic carbocycles. The molecule has 1 fully saturated rings. The normalized spacial score (nSPS) is 17.2. The highest BCUT2D eigenvalue weighted by molar-refractivity contribution is 6.42. The van der Waals surface area contributed by atoms with Gasteiger partial charge in [-0.15, -0.1) is 0 Å². The lowest BCUT2D eigenvalue weighted by atomic mass is 9.85. The molecule has 7 nitrogen and oxygen atoms in total. The second-order valence-electron chi connectivity index (χ2n) is 6.61. The molecule has 1 aromatic rings. The van der Waals surface area contributed by atoms with Crippen LogP contribution in [0, 0.1) is 5.92 Å². The third kappa shape index (κ3) is 7.22. The summed E-state index contributed by atoms with van der Waals surface area (Å²) in [6, 6.07) is 2.20. The molecule has 1 aliphatic heterocycles. The van der Waals surface area contributed by atoms with Crippen molar-refractivity contribution in [1.29, 1.82) is 0 Å². The molecule has 29 heavy (non-hydrogen) atoms.